The Kier molecular flexibility index (Phi) is 4.11. The Hall–Kier alpha value is -1.38. The number of allylic oxidation sites excluding steroid dienone is 1. The molecule has 0 radical (unpaired) electrons. The Morgan fingerprint density at radius 3 is 2.64 bits per heavy atom. The summed E-state index contributed by atoms with van der Waals surface area (Å²) in [5.41, 5.74) is 0. The molecule has 0 aromatic carbocycles. The van der Waals surface area contributed by atoms with Crippen LogP contribution in [-0.2, 0) is 14.3 Å². The first-order valence-electron chi connectivity index (χ1n) is 4.74. The van der Waals surface area contributed by atoms with E-state index in [0.29, 0.717) is 5.92 Å². The molecule has 0 aromatic heterocycles. The van der Waals surface area contributed by atoms with Gasteiger partial charge in [-0.1, -0.05) is 25.2 Å². The molecular formula is C11H14O3. The third-order valence-electron chi connectivity index (χ3n) is 2.20. The summed E-state index contributed by atoms with van der Waals surface area (Å²) >= 11 is 0. The average Bonchev–Trinajstić information content (AvgIpc) is 2.11. The summed E-state index contributed by atoms with van der Waals surface area (Å²) in [6.07, 6.45) is 7.98. The lowest BCUT2D eigenvalue weighted by Gasteiger charge is -2.20. The van der Waals surface area contributed by atoms with Gasteiger partial charge in [0.25, 0.3) is 5.78 Å². The summed E-state index contributed by atoms with van der Waals surface area (Å²) in [6.45, 7) is 3.47. The van der Waals surface area contributed by atoms with Gasteiger partial charge in [-0.2, -0.15) is 0 Å². The molecule has 0 atom stereocenters. The van der Waals surface area contributed by atoms with Crippen molar-refractivity contribution in [3.8, 4) is 0 Å². The quantitative estimate of drug-likeness (QED) is 0.289. The van der Waals surface area contributed by atoms with Crippen molar-refractivity contribution in [2.24, 2.45) is 5.92 Å². The zero-order valence-electron chi connectivity index (χ0n) is 8.07. The van der Waals surface area contributed by atoms with E-state index in [1.807, 2.05) is 0 Å². The van der Waals surface area contributed by atoms with Crippen molar-refractivity contribution < 1.29 is 14.3 Å². The summed E-state index contributed by atoms with van der Waals surface area (Å²) in [4.78, 5) is 22.0. The third-order valence-corrected chi connectivity index (χ3v) is 2.20. The van der Waals surface area contributed by atoms with Crippen molar-refractivity contribution in [2.75, 3.05) is 6.61 Å². The molecule has 1 aliphatic carbocycles. The van der Waals surface area contributed by atoms with Gasteiger partial charge in [0.15, 0.2) is 0 Å². The predicted molar refractivity (Wildman–Crippen MR) is 52.6 cm³/mol. The maximum Gasteiger partial charge on any atom is 0.379 e. The van der Waals surface area contributed by atoms with Gasteiger partial charge < -0.3 is 4.74 Å². The molecule has 14 heavy (non-hydrogen) atoms. The summed E-state index contributed by atoms with van der Waals surface area (Å²) in [5, 5.41) is 0. The van der Waals surface area contributed by atoms with E-state index < -0.39 is 11.8 Å². The summed E-state index contributed by atoms with van der Waals surface area (Å²) in [6, 6.07) is 0. The van der Waals surface area contributed by atoms with E-state index in [4.69, 9.17) is 0 Å². The van der Waals surface area contributed by atoms with Gasteiger partial charge in [-0.05, 0) is 24.8 Å². The molecule has 0 heterocycles. The van der Waals surface area contributed by atoms with Crippen LogP contribution < -0.4 is 0 Å². The fourth-order valence-electron chi connectivity index (χ4n) is 1.13. The van der Waals surface area contributed by atoms with Crippen molar-refractivity contribution in [3.63, 3.8) is 0 Å². The molecule has 1 fully saturated rings. The average molecular weight is 194 g/mol. The van der Waals surface area contributed by atoms with Gasteiger partial charge in [-0.3, -0.25) is 4.79 Å². The highest BCUT2D eigenvalue weighted by molar-refractivity contribution is 6.38. The van der Waals surface area contributed by atoms with Crippen molar-refractivity contribution in [1.29, 1.82) is 0 Å². The maximum absolute atomic E-state index is 11.1. The number of carbonyl (C=O) groups excluding carboxylic acids is 2. The fraction of sp³-hybridized carbons (Fsp3) is 0.455. The van der Waals surface area contributed by atoms with Gasteiger partial charge in [0.2, 0.25) is 0 Å². The standard InChI is InChI=1S/C11H14O3/c1-2-8-14-11(13)10(12)7-6-9-4-3-5-9/h2,6-7,9H,1,3-5,8H2/b7-6+. The Labute approximate surface area is 83.4 Å². The van der Waals surface area contributed by atoms with E-state index in [9.17, 15) is 9.59 Å². The first-order valence-corrected chi connectivity index (χ1v) is 4.74. The number of hydrogen-bond acceptors (Lipinski definition) is 3. The van der Waals surface area contributed by atoms with Crippen LogP contribution in [0, 0.1) is 5.92 Å². The maximum atomic E-state index is 11.1. The second kappa shape index (κ2) is 5.37. The number of esters is 1. The highest BCUT2D eigenvalue weighted by atomic mass is 16.5. The van der Waals surface area contributed by atoms with Crippen LogP contribution in [0.2, 0.25) is 0 Å². The minimum atomic E-state index is -0.805. The van der Waals surface area contributed by atoms with Crippen LogP contribution in [0.15, 0.2) is 24.8 Å². The minimum absolute atomic E-state index is 0.0852. The molecule has 1 rings (SSSR count). The highest BCUT2D eigenvalue weighted by Gasteiger charge is 2.16. The molecule has 0 N–H and O–H groups in total. The van der Waals surface area contributed by atoms with Crippen LogP contribution in [0.3, 0.4) is 0 Å². The largest absolute Gasteiger partial charge is 0.455 e. The summed E-state index contributed by atoms with van der Waals surface area (Å²) in [5.74, 6) is -0.912. The lowest BCUT2D eigenvalue weighted by Crippen LogP contribution is -2.16. The Morgan fingerprint density at radius 2 is 2.14 bits per heavy atom. The molecule has 3 heteroatoms. The van der Waals surface area contributed by atoms with Crippen LogP contribution >= 0.6 is 0 Å². The molecule has 0 unspecified atom stereocenters. The summed E-state index contributed by atoms with van der Waals surface area (Å²) < 4.78 is 4.58. The normalized spacial score (nSPS) is 16.3. The minimum Gasteiger partial charge on any atom is -0.455 e. The molecule has 1 saturated carbocycles. The number of ketones is 1. The molecular weight excluding hydrogens is 180 g/mol. The topological polar surface area (TPSA) is 43.4 Å². The Morgan fingerprint density at radius 1 is 1.43 bits per heavy atom. The lowest BCUT2D eigenvalue weighted by molar-refractivity contribution is -0.150. The molecule has 0 spiro atoms. The van der Waals surface area contributed by atoms with Crippen LogP contribution in [0.25, 0.3) is 0 Å². The first-order chi connectivity index (χ1) is 6.74. The molecule has 0 aliphatic heterocycles. The first kappa shape index (κ1) is 10.7. The van der Waals surface area contributed by atoms with E-state index in [2.05, 4.69) is 11.3 Å². The molecule has 76 valence electrons. The number of rotatable bonds is 5. The zero-order chi connectivity index (χ0) is 10.4. The van der Waals surface area contributed by atoms with Crippen LogP contribution in [-0.4, -0.2) is 18.4 Å². The zero-order valence-corrected chi connectivity index (χ0v) is 8.07. The predicted octanol–water partition coefficient (Wildman–Crippen LogP) is 1.64. The van der Waals surface area contributed by atoms with Crippen LogP contribution in [0.1, 0.15) is 19.3 Å². The number of carbonyl (C=O) groups is 2. The lowest BCUT2D eigenvalue weighted by atomic mass is 9.85. The third kappa shape index (κ3) is 3.17. The molecule has 1 aliphatic rings. The van der Waals surface area contributed by atoms with Crippen LogP contribution in [0.5, 0.6) is 0 Å². The number of hydrogen-bond donors (Lipinski definition) is 0. The van der Waals surface area contributed by atoms with Crippen molar-refractivity contribution in [1.82, 2.24) is 0 Å². The van der Waals surface area contributed by atoms with E-state index in [-0.39, 0.29) is 6.61 Å². The van der Waals surface area contributed by atoms with Gasteiger partial charge >= 0.3 is 5.97 Å². The van der Waals surface area contributed by atoms with Crippen molar-refractivity contribution >= 4 is 11.8 Å². The van der Waals surface area contributed by atoms with Crippen LogP contribution in [0.4, 0.5) is 0 Å². The number of ether oxygens (including phenoxy) is 1. The highest BCUT2D eigenvalue weighted by Crippen LogP contribution is 2.27. The molecule has 0 aromatic rings. The van der Waals surface area contributed by atoms with Gasteiger partial charge in [0.1, 0.15) is 6.61 Å². The van der Waals surface area contributed by atoms with Crippen molar-refractivity contribution in [2.45, 2.75) is 19.3 Å². The second-order valence-corrected chi connectivity index (χ2v) is 3.30. The van der Waals surface area contributed by atoms with E-state index in [1.54, 1.807) is 6.08 Å². The van der Waals surface area contributed by atoms with E-state index in [0.717, 1.165) is 12.8 Å². The second-order valence-electron chi connectivity index (χ2n) is 3.30. The van der Waals surface area contributed by atoms with Gasteiger partial charge in [-0.15, -0.1) is 0 Å². The van der Waals surface area contributed by atoms with Crippen molar-refractivity contribution in [3.05, 3.63) is 24.8 Å². The monoisotopic (exact) mass is 194 g/mol. The van der Waals surface area contributed by atoms with Gasteiger partial charge in [0.05, 0.1) is 0 Å². The smallest absolute Gasteiger partial charge is 0.379 e. The van der Waals surface area contributed by atoms with Gasteiger partial charge in [0, 0.05) is 0 Å². The molecule has 3 nitrogen and oxygen atoms in total. The Bertz CT molecular complexity index is 262. The molecule has 0 bridgehead atoms. The van der Waals surface area contributed by atoms with E-state index >= 15 is 0 Å². The Balaban J connectivity index is 2.28. The van der Waals surface area contributed by atoms with Gasteiger partial charge in [-0.25, -0.2) is 4.79 Å². The SMILES string of the molecule is C=CCOC(=O)C(=O)/C=C/C1CCC1. The fourth-order valence-corrected chi connectivity index (χ4v) is 1.13. The molecule has 0 amide bonds. The summed E-state index contributed by atoms with van der Waals surface area (Å²) in [7, 11) is 0. The van der Waals surface area contributed by atoms with E-state index in [1.165, 1.54) is 18.6 Å². The molecule has 0 saturated heterocycles.